The normalized spacial score (nSPS) is 14.8. The second-order valence-corrected chi connectivity index (χ2v) is 2.58. The minimum absolute atomic E-state index is 0.343. The molecule has 0 bridgehead atoms. The zero-order valence-electron chi connectivity index (χ0n) is 12.2. The van der Waals surface area contributed by atoms with Crippen molar-refractivity contribution in [2.45, 2.75) is 47.6 Å². The molecule has 2 heteroatoms. The molecular weight excluding hydrogens is 212 g/mol. The molecular formula is C15H28O2. The van der Waals surface area contributed by atoms with Crippen molar-refractivity contribution in [3.63, 3.8) is 0 Å². The second-order valence-electron chi connectivity index (χ2n) is 2.58. The Morgan fingerprint density at radius 1 is 1.00 bits per heavy atom. The lowest BCUT2D eigenvalue weighted by Crippen LogP contribution is -2.03. The van der Waals surface area contributed by atoms with Gasteiger partial charge in [-0.15, -0.1) is 0 Å². The van der Waals surface area contributed by atoms with Crippen LogP contribution in [-0.2, 0) is 4.74 Å². The molecule has 0 amide bonds. The molecule has 0 saturated carbocycles. The van der Waals surface area contributed by atoms with Gasteiger partial charge >= 0.3 is 0 Å². The summed E-state index contributed by atoms with van der Waals surface area (Å²) in [7, 11) is 0. The molecule has 0 radical (unpaired) electrons. The summed E-state index contributed by atoms with van der Waals surface area (Å²) in [5.41, 5.74) is 0. The third-order valence-corrected chi connectivity index (χ3v) is 1.58. The number of ether oxygens (including phenoxy) is 2. The predicted molar refractivity (Wildman–Crippen MR) is 75.7 cm³/mol. The van der Waals surface area contributed by atoms with Gasteiger partial charge < -0.3 is 9.47 Å². The number of para-hydroxylation sites is 1. The van der Waals surface area contributed by atoms with Crippen molar-refractivity contribution in [3.8, 4) is 5.75 Å². The van der Waals surface area contributed by atoms with Crippen LogP contribution < -0.4 is 4.74 Å². The maximum absolute atomic E-state index is 5.40. The minimum Gasteiger partial charge on any atom is -0.491 e. The molecule has 0 aromatic heterocycles. The van der Waals surface area contributed by atoms with Crippen LogP contribution in [0.4, 0.5) is 0 Å². The first kappa shape index (κ1) is 18.3. The Hall–Kier alpha value is -1.02. The van der Waals surface area contributed by atoms with Gasteiger partial charge in [-0.2, -0.15) is 0 Å². The summed E-state index contributed by atoms with van der Waals surface area (Å²) >= 11 is 0. The van der Waals surface area contributed by atoms with E-state index in [0.29, 0.717) is 12.7 Å². The minimum atomic E-state index is 0.343. The van der Waals surface area contributed by atoms with Gasteiger partial charge in [-0.1, -0.05) is 59.7 Å². The van der Waals surface area contributed by atoms with Crippen LogP contribution in [-0.4, -0.2) is 19.3 Å². The van der Waals surface area contributed by atoms with Gasteiger partial charge in [-0.3, -0.25) is 0 Å². The second kappa shape index (κ2) is 15.0. The van der Waals surface area contributed by atoms with E-state index in [-0.39, 0.29) is 0 Å². The van der Waals surface area contributed by atoms with E-state index >= 15 is 0 Å². The fourth-order valence-electron chi connectivity index (χ4n) is 0.870. The van der Waals surface area contributed by atoms with Crippen LogP contribution in [0.5, 0.6) is 5.75 Å². The summed E-state index contributed by atoms with van der Waals surface area (Å²) < 4.78 is 10.4. The van der Waals surface area contributed by atoms with Gasteiger partial charge in [0.2, 0.25) is 0 Å². The summed E-state index contributed by atoms with van der Waals surface area (Å²) in [5, 5.41) is 0. The molecule has 1 aromatic carbocycles. The quantitative estimate of drug-likeness (QED) is 0.723. The third-order valence-electron chi connectivity index (χ3n) is 1.58. The van der Waals surface area contributed by atoms with Crippen molar-refractivity contribution < 1.29 is 9.47 Å². The highest BCUT2D eigenvalue weighted by atomic mass is 16.6. The Labute approximate surface area is 107 Å². The lowest BCUT2D eigenvalue weighted by molar-refractivity contribution is 0.263. The molecule has 1 aromatic rings. The fraction of sp³-hybridized carbons (Fsp3) is 0.600. The third kappa shape index (κ3) is 11.2. The highest BCUT2D eigenvalue weighted by molar-refractivity contribution is 5.20. The maximum atomic E-state index is 5.40. The Morgan fingerprint density at radius 3 is 1.88 bits per heavy atom. The van der Waals surface area contributed by atoms with Gasteiger partial charge in [0.25, 0.3) is 0 Å². The topological polar surface area (TPSA) is 21.8 Å². The predicted octanol–water partition coefficient (Wildman–Crippen LogP) is 4.54. The van der Waals surface area contributed by atoms with Gasteiger partial charge in [0.05, 0.1) is 6.61 Å². The fourth-order valence-corrected chi connectivity index (χ4v) is 0.870. The first-order valence-electron chi connectivity index (χ1n) is 6.74. The van der Waals surface area contributed by atoms with Crippen molar-refractivity contribution in [2.75, 3.05) is 13.2 Å². The molecule has 100 valence electrons. The number of benzene rings is 1. The average Bonchev–Trinajstić information content (AvgIpc) is 3.29. The molecule has 1 heterocycles. The molecule has 2 rings (SSSR count). The molecule has 1 unspecified atom stereocenters. The number of hydrogen-bond acceptors (Lipinski definition) is 2. The Balaban J connectivity index is 0. The van der Waals surface area contributed by atoms with Crippen molar-refractivity contribution in [2.24, 2.45) is 0 Å². The van der Waals surface area contributed by atoms with E-state index in [1.165, 1.54) is 0 Å². The summed E-state index contributed by atoms with van der Waals surface area (Å²) in [6, 6.07) is 9.79. The summed E-state index contributed by atoms with van der Waals surface area (Å²) in [6.45, 7) is 13.5. The highest BCUT2D eigenvalue weighted by Gasteiger charge is 2.22. The lowest BCUT2D eigenvalue weighted by atomic mass is 10.3. The molecule has 0 N–H and O–H groups in total. The zero-order chi connectivity index (χ0) is 13.5. The number of epoxide rings is 1. The van der Waals surface area contributed by atoms with Gasteiger partial charge in [0.15, 0.2) is 0 Å². The first-order chi connectivity index (χ1) is 8.45. The maximum Gasteiger partial charge on any atom is 0.119 e. The van der Waals surface area contributed by atoms with E-state index in [0.717, 1.165) is 12.4 Å². The molecule has 2 nitrogen and oxygen atoms in total. The number of rotatable bonds is 3. The Kier molecular flexibility index (Phi) is 16.2. The first-order valence-corrected chi connectivity index (χ1v) is 6.74. The van der Waals surface area contributed by atoms with Crippen LogP contribution in [0.1, 0.15) is 41.5 Å². The van der Waals surface area contributed by atoms with E-state index in [1.807, 2.05) is 71.9 Å². The highest BCUT2D eigenvalue weighted by Crippen LogP contribution is 2.13. The van der Waals surface area contributed by atoms with Crippen LogP contribution in [0.2, 0.25) is 0 Å². The molecule has 0 spiro atoms. The molecule has 1 aliphatic heterocycles. The van der Waals surface area contributed by atoms with Crippen molar-refractivity contribution in [1.29, 1.82) is 0 Å². The standard InChI is InChI=1S/C9H10O2.3C2H6/c1-2-4-8(5-3-1)10-6-9-7-11-9;3*1-2/h1-5,9H,6-7H2;3*1-2H3. The molecule has 1 aliphatic rings. The molecule has 1 saturated heterocycles. The summed E-state index contributed by atoms with van der Waals surface area (Å²) in [5.74, 6) is 0.919. The number of hydrogen-bond donors (Lipinski definition) is 0. The van der Waals surface area contributed by atoms with Crippen LogP contribution in [0, 0.1) is 0 Å². The van der Waals surface area contributed by atoms with Crippen LogP contribution in [0.3, 0.4) is 0 Å². The average molecular weight is 240 g/mol. The zero-order valence-corrected chi connectivity index (χ0v) is 12.2. The van der Waals surface area contributed by atoms with Crippen molar-refractivity contribution >= 4 is 0 Å². The van der Waals surface area contributed by atoms with E-state index in [1.54, 1.807) is 0 Å². The van der Waals surface area contributed by atoms with Crippen LogP contribution in [0.25, 0.3) is 0 Å². The molecule has 0 aliphatic carbocycles. The molecule has 17 heavy (non-hydrogen) atoms. The molecule has 1 atom stereocenters. The van der Waals surface area contributed by atoms with E-state index in [2.05, 4.69) is 0 Å². The lowest BCUT2D eigenvalue weighted by Gasteiger charge is -2.01. The van der Waals surface area contributed by atoms with Gasteiger partial charge in [-0.25, -0.2) is 0 Å². The van der Waals surface area contributed by atoms with Gasteiger partial charge in [0, 0.05) is 0 Å². The monoisotopic (exact) mass is 240 g/mol. The van der Waals surface area contributed by atoms with E-state index in [4.69, 9.17) is 9.47 Å². The van der Waals surface area contributed by atoms with Crippen molar-refractivity contribution in [3.05, 3.63) is 30.3 Å². The van der Waals surface area contributed by atoms with Crippen molar-refractivity contribution in [1.82, 2.24) is 0 Å². The van der Waals surface area contributed by atoms with Crippen LogP contribution in [0.15, 0.2) is 30.3 Å². The summed E-state index contributed by atoms with van der Waals surface area (Å²) in [4.78, 5) is 0. The van der Waals surface area contributed by atoms with E-state index < -0.39 is 0 Å². The van der Waals surface area contributed by atoms with Crippen LogP contribution >= 0.6 is 0 Å². The SMILES string of the molecule is CC.CC.CC.c1ccc(OCC2CO2)cc1. The Morgan fingerprint density at radius 2 is 1.47 bits per heavy atom. The van der Waals surface area contributed by atoms with E-state index in [9.17, 15) is 0 Å². The molecule has 1 fully saturated rings. The smallest absolute Gasteiger partial charge is 0.119 e. The van der Waals surface area contributed by atoms with Gasteiger partial charge in [0.1, 0.15) is 18.5 Å². The summed E-state index contributed by atoms with van der Waals surface area (Å²) in [6.07, 6.45) is 0.343. The Bertz CT molecular complexity index is 218. The largest absolute Gasteiger partial charge is 0.491 e. The van der Waals surface area contributed by atoms with Gasteiger partial charge in [-0.05, 0) is 12.1 Å².